The highest BCUT2D eigenvalue weighted by molar-refractivity contribution is 6.30. The molecule has 16 heavy (non-hydrogen) atoms. The van der Waals surface area contributed by atoms with Crippen molar-refractivity contribution in [2.45, 2.75) is 12.3 Å². The molecule has 4 heteroatoms. The minimum Gasteiger partial charge on any atom is -0.468 e. The maximum atomic E-state index is 11.5. The quantitative estimate of drug-likeness (QED) is 0.740. The predicted molar refractivity (Wildman–Crippen MR) is 58.9 cm³/mol. The van der Waals surface area contributed by atoms with Gasteiger partial charge >= 0.3 is 5.97 Å². The van der Waals surface area contributed by atoms with Gasteiger partial charge in [0.25, 0.3) is 0 Å². The Kier molecular flexibility index (Phi) is 2.61. The summed E-state index contributed by atoms with van der Waals surface area (Å²) < 4.78 is 4.66. The van der Waals surface area contributed by atoms with Gasteiger partial charge in [-0.15, -0.1) is 0 Å². The number of rotatable bonds is 2. The highest BCUT2D eigenvalue weighted by Crippen LogP contribution is 2.59. The zero-order chi connectivity index (χ0) is 11.8. The van der Waals surface area contributed by atoms with Crippen LogP contribution in [0, 0.1) is 16.7 Å². The molecule has 0 spiro atoms. The van der Waals surface area contributed by atoms with Gasteiger partial charge in [0.15, 0.2) is 5.41 Å². The van der Waals surface area contributed by atoms with Gasteiger partial charge in [-0.05, 0) is 24.1 Å². The molecule has 1 aromatic carbocycles. The second-order valence-corrected chi connectivity index (χ2v) is 4.32. The van der Waals surface area contributed by atoms with E-state index in [4.69, 9.17) is 16.9 Å². The molecule has 0 bridgehead atoms. The average molecular weight is 236 g/mol. The van der Waals surface area contributed by atoms with Crippen LogP contribution in [0.25, 0.3) is 0 Å². The van der Waals surface area contributed by atoms with Crippen LogP contribution in [0.3, 0.4) is 0 Å². The molecule has 2 rings (SSSR count). The normalized spacial score (nSPS) is 26.9. The molecule has 0 aliphatic heterocycles. The summed E-state index contributed by atoms with van der Waals surface area (Å²) >= 11 is 5.87. The van der Waals surface area contributed by atoms with Gasteiger partial charge in [0.05, 0.1) is 13.2 Å². The first-order valence-corrected chi connectivity index (χ1v) is 5.27. The van der Waals surface area contributed by atoms with Crippen molar-refractivity contribution < 1.29 is 9.53 Å². The van der Waals surface area contributed by atoms with Gasteiger partial charge in [0, 0.05) is 10.9 Å². The van der Waals surface area contributed by atoms with Crippen molar-refractivity contribution in [2.24, 2.45) is 5.41 Å². The smallest absolute Gasteiger partial charge is 0.326 e. The number of hydrogen-bond donors (Lipinski definition) is 0. The first-order valence-electron chi connectivity index (χ1n) is 4.89. The molecular weight excluding hydrogens is 226 g/mol. The van der Waals surface area contributed by atoms with Crippen LogP contribution >= 0.6 is 11.6 Å². The van der Waals surface area contributed by atoms with Gasteiger partial charge in [-0.3, -0.25) is 4.79 Å². The van der Waals surface area contributed by atoms with E-state index in [1.165, 1.54) is 7.11 Å². The molecule has 3 nitrogen and oxygen atoms in total. The lowest BCUT2D eigenvalue weighted by atomic mass is 10.0. The van der Waals surface area contributed by atoms with Crippen LogP contribution in [0.2, 0.25) is 5.02 Å². The van der Waals surface area contributed by atoms with Crippen LogP contribution in [-0.2, 0) is 9.53 Å². The fourth-order valence-electron chi connectivity index (χ4n) is 1.97. The SMILES string of the molecule is COC(=O)C1(C#N)CC1c1cccc(Cl)c1. The van der Waals surface area contributed by atoms with E-state index < -0.39 is 11.4 Å². The van der Waals surface area contributed by atoms with Crippen molar-refractivity contribution >= 4 is 17.6 Å². The minimum absolute atomic E-state index is 0.0938. The third-order valence-electron chi connectivity index (χ3n) is 2.96. The van der Waals surface area contributed by atoms with E-state index >= 15 is 0 Å². The molecule has 2 atom stereocenters. The first kappa shape index (κ1) is 11.0. The Morgan fingerprint density at radius 3 is 3.00 bits per heavy atom. The van der Waals surface area contributed by atoms with Gasteiger partial charge in [-0.2, -0.15) is 5.26 Å². The molecule has 1 aliphatic carbocycles. The Morgan fingerprint density at radius 2 is 2.44 bits per heavy atom. The summed E-state index contributed by atoms with van der Waals surface area (Å²) in [5, 5.41) is 9.69. The molecule has 1 fully saturated rings. The Hall–Kier alpha value is -1.53. The molecule has 2 unspecified atom stereocenters. The van der Waals surface area contributed by atoms with Gasteiger partial charge in [-0.25, -0.2) is 0 Å². The number of carbonyl (C=O) groups excluding carboxylic acids is 1. The largest absolute Gasteiger partial charge is 0.468 e. The predicted octanol–water partition coefficient (Wildman–Crippen LogP) is 2.51. The van der Waals surface area contributed by atoms with E-state index in [1.807, 2.05) is 12.1 Å². The zero-order valence-corrected chi connectivity index (χ0v) is 9.49. The molecule has 0 heterocycles. The Balaban J connectivity index is 2.28. The van der Waals surface area contributed by atoms with Crippen LogP contribution < -0.4 is 0 Å². The summed E-state index contributed by atoms with van der Waals surface area (Å²) in [6.07, 6.45) is 0.510. The number of ether oxygens (including phenoxy) is 1. The number of hydrogen-bond acceptors (Lipinski definition) is 3. The minimum atomic E-state index is -1.00. The maximum Gasteiger partial charge on any atom is 0.326 e. The summed E-state index contributed by atoms with van der Waals surface area (Å²) in [5.74, 6) is -0.552. The third-order valence-corrected chi connectivity index (χ3v) is 3.20. The second-order valence-electron chi connectivity index (χ2n) is 3.89. The van der Waals surface area contributed by atoms with E-state index in [9.17, 15) is 4.79 Å². The van der Waals surface area contributed by atoms with Crippen molar-refractivity contribution in [3.63, 3.8) is 0 Å². The lowest BCUT2D eigenvalue weighted by Gasteiger charge is -2.06. The molecular formula is C12H10ClNO2. The monoisotopic (exact) mass is 235 g/mol. The molecule has 0 radical (unpaired) electrons. The fraction of sp³-hybridized carbons (Fsp3) is 0.333. The molecule has 0 saturated heterocycles. The van der Waals surface area contributed by atoms with Crippen molar-refractivity contribution in [3.05, 3.63) is 34.9 Å². The van der Waals surface area contributed by atoms with Crippen molar-refractivity contribution in [1.29, 1.82) is 5.26 Å². The number of carbonyl (C=O) groups is 1. The van der Waals surface area contributed by atoms with E-state index in [0.29, 0.717) is 11.4 Å². The molecule has 0 aromatic heterocycles. The number of methoxy groups -OCH3 is 1. The summed E-state index contributed by atoms with van der Waals surface area (Å²) in [7, 11) is 1.30. The zero-order valence-electron chi connectivity index (χ0n) is 8.74. The van der Waals surface area contributed by atoms with Crippen LogP contribution in [0.5, 0.6) is 0 Å². The summed E-state index contributed by atoms with van der Waals surface area (Å²) in [5.41, 5.74) is -0.0844. The molecule has 1 saturated carbocycles. The average Bonchev–Trinajstić information content (AvgIpc) is 3.04. The van der Waals surface area contributed by atoms with Crippen molar-refractivity contribution in [3.8, 4) is 6.07 Å². The van der Waals surface area contributed by atoms with Crippen LogP contribution in [-0.4, -0.2) is 13.1 Å². The topological polar surface area (TPSA) is 50.1 Å². The Labute approximate surface area is 98.6 Å². The highest BCUT2D eigenvalue weighted by Gasteiger charge is 2.62. The van der Waals surface area contributed by atoms with Gasteiger partial charge in [0.2, 0.25) is 0 Å². The standard InChI is InChI=1S/C12H10ClNO2/c1-16-11(15)12(7-14)6-10(12)8-3-2-4-9(13)5-8/h2-5,10H,6H2,1H3. The lowest BCUT2D eigenvalue weighted by molar-refractivity contribution is -0.144. The van der Waals surface area contributed by atoms with E-state index in [2.05, 4.69) is 10.8 Å². The van der Waals surface area contributed by atoms with Crippen LogP contribution in [0.4, 0.5) is 0 Å². The van der Waals surface area contributed by atoms with Gasteiger partial charge < -0.3 is 4.74 Å². The number of esters is 1. The van der Waals surface area contributed by atoms with Crippen molar-refractivity contribution in [1.82, 2.24) is 0 Å². The molecule has 82 valence electrons. The lowest BCUT2D eigenvalue weighted by Crippen LogP contribution is -2.17. The van der Waals surface area contributed by atoms with E-state index in [0.717, 1.165) is 5.56 Å². The summed E-state index contributed by atoms with van der Waals surface area (Å²) in [6.45, 7) is 0. The highest BCUT2D eigenvalue weighted by atomic mass is 35.5. The number of halogens is 1. The summed E-state index contributed by atoms with van der Waals surface area (Å²) in [6, 6.07) is 9.29. The molecule has 1 aromatic rings. The number of nitriles is 1. The van der Waals surface area contributed by atoms with Crippen LogP contribution in [0.1, 0.15) is 17.9 Å². The first-order chi connectivity index (χ1) is 7.64. The maximum absolute atomic E-state index is 11.5. The molecule has 0 amide bonds. The third kappa shape index (κ3) is 1.56. The molecule has 0 N–H and O–H groups in total. The van der Waals surface area contributed by atoms with Crippen molar-refractivity contribution in [2.75, 3.05) is 7.11 Å². The second kappa shape index (κ2) is 3.80. The number of benzene rings is 1. The van der Waals surface area contributed by atoms with E-state index in [-0.39, 0.29) is 5.92 Å². The Bertz CT molecular complexity index is 480. The summed E-state index contributed by atoms with van der Waals surface area (Å²) in [4.78, 5) is 11.5. The number of nitrogens with zero attached hydrogens (tertiary/aromatic N) is 1. The van der Waals surface area contributed by atoms with Gasteiger partial charge in [-0.1, -0.05) is 23.7 Å². The fourth-order valence-corrected chi connectivity index (χ4v) is 2.16. The van der Waals surface area contributed by atoms with E-state index in [1.54, 1.807) is 12.1 Å². The Morgan fingerprint density at radius 1 is 1.69 bits per heavy atom. The van der Waals surface area contributed by atoms with Gasteiger partial charge in [0.1, 0.15) is 0 Å². The molecule has 1 aliphatic rings. The van der Waals surface area contributed by atoms with Crippen LogP contribution in [0.15, 0.2) is 24.3 Å².